The number of aliphatic hydroxyl groups excluding tert-OH is 2. The van der Waals surface area contributed by atoms with Crippen LogP contribution in [0.5, 0.6) is 0 Å². The van der Waals surface area contributed by atoms with Gasteiger partial charge in [0.2, 0.25) is 0 Å². The first-order valence-corrected chi connectivity index (χ1v) is 11.5. The largest absolute Gasteiger partial charge is 0.393 e. The molecule has 29 heavy (non-hydrogen) atoms. The van der Waals surface area contributed by atoms with Crippen molar-refractivity contribution in [2.24, 2.45) is 29.1 Å². The maximum Gasteiger partial charge on any atom is 0.0811 e. The molecule has 3 aliphatic rings. The van der Waals surface area contributed by atoms with E-state index in [1.54, 1.807) is 0 Å². The molecule has 0 aromatic rings. The van der Waals surface area contributed by atoms with Gasteiger partial charge in [-0.1, -0.05) is 71.1 Å². The summed E-state index contributed by atoms with van der Waals surface area (Å²) in [6.45, 7) is 2.90. The zero-order chi connectivity index (χ0) is 27.1. The van der Waals surface area contributed by atoms with Gasteiger partial charge in [-0.25, -0.2) is 0 Å². The number of aliphatic hydroxyl groups is 2. The molecule has 2 heteroatoms. The average Bonchev–Trinajstić information content (AvgIpc) is 3.11. The van der Waals surface area contributed by atoms with Crippen LogP contribution >= 0.6 is 0 Å². The molecule has 3 aliphatic carbocycles. The molecule has 0 amide bonds. The second-order valence-corrected chi connectivity index (χ2v) is 10.0. The zero-order valence-electron chi connectivity index (χ0n) is 25.2. The van der Waals surface area contributed by atoms with Crippen molar-refractivity contribution in [1.29, 1.82) is 0 Å². The summed E-state index contributed by atoms with van der Waals surface area (Å²) >= 11 is 0. The number of allylic oxidation sites excluding steroid dienone is 3. The lowest BCUT2D eigenvalue weighted by molar-refractivity contribution is 0.0861. The van der Waals surface area contributed by atoms with Gasteiger partial charge in [-0.3, -0.25) is 0 Å². The van der Waals surface area contributed by atoms with E-state index >= 15 is 0 Å². The smallest absolute Gasteiger partial charge is 0.0811 e. The van der Waals surface area contributed by atoms with Gasteiger partial charge in [0.25, 0.3) is 0 Å². The summed E-state index contributed by atoms with van der Waals surface area (Å²) in [5, 5.41) is 20.2. The number of rotatable bonds is 6. The fourth-order valence-electron chi connectivity index (χ4n) is 6.48. The van der Waals surface area contributed by atoms with E-state index in [-0.39, 0.29) is 11.8 Å². The summed E-state index contributed by atoms with van der Waals surface area (Å²) in [6, 6.07) is 0. The third-order valence-corrected chi connectivity index (χ3v) is 8.08. The molecular weight excluding hydrogens is 356 g/mol. The topological polar surface area (TPSA) is 40.5 Å². The molecule has 0 saturated heterocycles. The molecule has 0 aromatic heterocycles. The lowest BCUT2D eigenvalue weighted by Gasteiger charge is -2.44. The zero-order valence-corrected chi connectivity index (χ0v) is 18.2. The van der Waals surface area contributed by atoms with Crippen molar-refractivity contribution < 1.29 is 19.8 Å². The summed E-state index contributed by atoms with van der Waals surface area (Å²) < 4.78 is 54.2. The first-order chi connectivity index (χ1) is 16.5. The highest BCUT2D eigenvalue weighted by Gasteiger charge is 2.50. The minimum Gasteiger partial charge on any atom is -0.393 e. The average molecular weight is 408 g/mol. The van der Waals surface area contributed by atoms with Crippen LogP contribution in [0.1, 0.15) is 101 Å². The highest BCUT2D eigenvalue weighted by atomic mass is 16.3. The van der Waals surface area contributed by atoms with Crippen molar-refractivity contribution in [2.75, 3.05) is 0 Å². The molecule has 0 heterocycles. The Bertz CT molecular complexity index is 858. The SMILES string of the molecule is [2H]C([2H])([2H])C([2H])(CCC[C@@H](C)[C@H]1CC[C@H]2C(=CC=C3C[C@@H](O)C[C@H](O)C3=C)CCC[C@]12C)C([2H])([2H])[2H]. The van der Waals surface area contributed by atoms with Crippen LogP contribution in [0.2, 0.25) is 0 Å². The summed E-state index contributed by atoms with van der Waals surface area (Å²) in [5.74, 6) is -1.19. The Morgan fingerprint density at radius 3 is 2.83 bits per heavy atom. The predicted molar refractivity (Wildman–Crippen MR) is 123 cm³/mol. The van der Waals surface area contributed by atoms with Crippen molar-refractivity contribution in [3.63, 3.8) is 0 Å². The Balaban J connectivity index is 1.69. The summed E-state index contributed by atoms with van der Waals surface area (Å²) in [5.41, 5.74) is 3.18. The number of fused-ring (bicyclic) bond motifs is 1. The Labute approximate surface area is 189 Å². The lowest BCUT2D eigenvalue weighted by Crippen LogP contribution is -2.36. The number of hydrogen-bond acceptors (Lipinski definition) is 2. The Hall–Kier alpha value is -0.860. The standard InChI is InChI=1S/C27H44O2/c1-18(2)8-6-9-19(3)24-13-14-25-21(10-7-15-27(24,25)5)11-12-22-16-23(28)17-26(29)20(22)4/h11-12,18-19,23-26,28-29H,4,6-10,13-17H2,1-3,5H3/t19-,23-,24-,25+,26+,27-/m1/s1/i1D3,2D3,18D. The second kappa shape index (κ2) is 9.52. The normalized spacial score (nSPS) is 44.1. The molecular formula is C27H44O2. The monoisotopic (exact) mass is 407 g/mol. The van der Waals surface area contributed by atoms with Crippen LogP contribution in [0.3, 0.4) is 0 Å². The third kappa shape index (κ3) is 5.07. The molecule has 2 N–H and O–H groups in total. The molecule has 0 aromatic carbocycles. The van der Waals surface area contributed by atoms with Crippen LogP contribution in [-0.2, 0) is 0 Å². The minimum atomic E-state index is -2.85. The molecule has 0 radical (unpaired) electrons. The molecule has 164 valence electrons. The fraction of sp³-hybridized carbons (Fsp3) is 0.778. The highest BCUT2D eigenvalue weighted by molar-refractivity contribution is 5.38. The van der Waals surface area contributed by atoms with E-state index in [0.29, 0.717) is 42.6 Å². The summed E-state index contributed by atoms with van der Waals surface area (Å²) in [7, 11) is 0. The second-order valence-electron chi connectivity index (χ2n) is 10.0. The molecule has 3 rings (SSSR count). The fourth-order valence-corrected chi connectivity index (χ4v) is 6.48. The molecule has 6 atom stereocenters. The van der Waals surface area contributed by atoms with Crippen LogP contribution in [0.4, 0.5) is 0 Å². The van der Waals surface area contributed by atoms with E-state index in [9.17, 15) is 10.2 Å². The Morgan fingerprint density at radius 2 is 2.07 bits per heavy atom. The molecule has 3 fully saturated rings. The maximum absolute atomic E-state index is 10.2. The Kier molecular flexibility index (Phi) is 4.93. The van der Waals surface area contributed by atoms with E-state index in [2.05, 4.69) is 26.5 Å². The van der Waals surface area contributed by atoms with E-state index in [1.165, 1.54) is 5.57 Å². The van der Waals surface area contributed by atoms with Crippen LogP contribution in [-0.4, -0.2) is 22.4 Å². The van der Waals surface area contributed by atoms with Crippen molar-refractivity contribution >= 4 is 0 Å². The van der Waals surface area contributed by atoms with Crippen LogP contribution in [0.25, 0.3) is 0 Å². The van der Waals surface area contributed by atoms with E-state index < -0.39 is 31.8 Å². The van der Waals surface area contributed by atoms with Gasteiger partial charge in [-0.15, -0.1) is 0 Å². The molecule has 0 spiro atoms. The van der Waals surface area contributed by atoms with Gasteiger partial charge in [-0.05, 0) is 78.7 Å². The van der Waals surface area contributed by atoms with Crippen LogP contribution < -0.4 is 0 Å². The molecule has 0 bridgehead atoms. The highest BCUT2D eigenvalue weighted by Crippen LogP contribution is 2.59. The molecule has 0 unspecified atom stereocenters. The molecule has 3 saturated carbocycles. The van der Waals surface area contributed by atoms with Gasteiger partial charge in [0, 0.05) is 16.0 Å². The quantitative estimate of drug-likeness (QED) is 0.521. The van der Waals surface area contributed by atoms with Gasteiger partial charge in [0.15, 0.2) is 0 Å². The van der Waals surface area contributed by atoms with Crippen LogP contribution in [0.15, 0.2) is 35.5 Å². The third-order valence-electron chi connectivity index (χ3n) is 8.08. The van der Waals surface area contributed by atoms with Crippen molar-refractivity contribution in [1.82, 2.24) is 0 Å². The van der Waals surface area contributed by atoms with Crippen LogP contribution in [0, 0.1) is 29.1 Å². The van der Waals surface area contributed by atoms with E-state index in [0.717, 1.165) is 44.1 Å². The lowest BCUT2D eigenvalue weighted by atomic mass is 9.60. The summed E-state index contributed by atoms with van der Waals surface area (Å²) in [6.07, 6.45) is 10.3. The Morgan fingerprint density at radius 1 is 1.28 bits per heavy atom. The molecule has 2 nitrogen and oxygen atoms in total. The molecule has 0 aliphatic heterocycles. The van der Waals surface area contributed by atoms with E-state index in [4.69, 9.17) is 9.60 Å². The van der Waals surface area contributed by atoms with Crippen molar-refractivity contribution in [3.05, 3.63) is 35.5 Å². The van der Waals surface area contributed by atoms with Gasteiger partial charge < -0.3 is 10.2 Å². The van der Waals surface area contributed by atoms with Gasteiger partial charge in [-0.2, -0.15) is 0 Å². The van der Waals surface area contributed by atoms with Crippen molar-refractivity contribution in [2.45, 2.75) is 104 Å². The number of hydrogen-bond donors (Lipinski definition) is 2. The maximum atomic E-state index is 10.2. The van der Waals surface area contributed by atoms with Gasteiger partial charge in [0.05, 0.1) is 12.2 Å². The van der Waals surface area contributed by atoms with Gasteiger partial charge >= 0.3 is 0 Å². The summed E-state index contributed by atoms with van der Waals surface area (Å²) in [4.78, 5) is 0. The predicted octanol–water partition coefficient (Wildman–Crippen LogP) is 6.59. The van der Waals surface area contributed by atoms with Crippen molar-refractivity contribution in [3.8, 4) is 0 Å². The van der Waals surface area contributed by atoms with Gasteiger partial charge in [0.1, 0.15) is 0 Å². The first-order valence-electron chi connectivity index (χ1n) is 15.0. The minimum absolute atomic E-state index is 0.136. The first kappa shape index (κ1) is 15.0. The van der Waals surface area contributed by atoms with E-state index in [1.807, 2.05) is 6.08 Å².